The molecule has 2 aliphatic rings. The molecule has 0 N–H and O–H groups in total. The molecule has 0 radical (unpaired) electrons. The Bertz CT molecular complexity index is 630. The lowest BCUT2D eigenvalue weighted by Crippen LogP contribution is -2.47. The first-order valence-corrected chi connectivity index (χ1v) is 8.79. The SMILES string of the molecule is Cc1cc(S(=O)(=O)N2CCC3(CC2)OCCO3)ccc1Cl. The van der Waals surface area contributed by atoms with Crippen molar-refractivity contribution in [3.05, 3.63) is 28.8 Å². The van der Waals surface area contributed by atoms with Crippen molar-refractivity contribution in [3.63, 3.8) is 0 Å². The van der Waals surface area contributed by atoms with E-state index in [1.165, 1.54) is 4.31 Å². The summed E-state index contributed by atoms with van der Waals surface area (Å²) < 4.78 is 38.0. The fourth-order valence-electron chi connectivity index (χ4n) is 2.78. The number of benzene rings is 1. The van der Waals surface area contributed by atoms with Crippen LogP contribution in [0.4, 0.5) is 0 Å². The minimum atomic E-state index is -3.48. The van der Waals surface area contributed by atoms with Crippen LogP contribution in [0.2, 0.25) is 5.02 Å². The van der Waals surface area contributed by atoms with Crippen molar-refractivity contribution in [1.29, 1.82) is 0 Å². The zero-order chi connectivity index (χ0) is 15.1. The smallest absolute Gasteiger partial charge is 0.243 e. The number of hydrogen-bond donors (Lipinski definition) is 0. The highest BCUT2D eigenvalue weighted by Gasteiger charge is 2.42. The quantitative estimate of drug-likeness (QED) is 0.833. The third kappa shape index (κ3) is 2.83. The molecule has 0 atom stereocenters. The van der Waals surface area contributed by atoms with Gasteiger partial charge in [-0.1, -0.05) is 11.6 Å². The highest BCUT2D eigenvalue weighted by molar-refractivity contribution is 7.89. The lowest BCUT2D eigenvalue weighted by atomic mass is 10.1. The van der Waals surface area contributed by atoms with Gasteiger partial charge in [0.25, 0.3) is 0 Å². The van der Waals surface area contributed by atoms with Crippen molar-refractivity contribution in [2.45, 2.75) is 30.4 Å². The third-order valence-electron chi connectivity index (χ3n) is 4.06. The lowest BCUT2D eigenvalue weighted by molar-refractivity contribution is -0.179. The largest absolute Gasteiger partial charge is 0.347 e. The molecule has 1 aromatic carbocycles. The molecule has 2 aliphatic heterocycles. The summed E-state index contributed by atoms with van der Waals surface area (Å²) in [5.41, 5.74) is 0.758. The van der Waals surface area contributed by atoms with E-state index in [0.29, 0.717) is 44.2 Å². The Morgan fingerprint density at radius 2 is 1.81 bits per heavy atom. The fourth-order valence-corrected chi connectivity index (χ4v) is 4.42. The number of hydrogen-bond acceptors (Lipinski definition) is 4. The van der Waals surface area contributed by atoms with Gasteiger partial charge in [-0.25, -0.2) is 8.42 Å². The molecule has 5 nitrogen and oxygen atoms in total. The van der Waals surface area contributed by atoms with Gasteiger partial charge in [0, 0.05) is 31.0 Å². The molecule has 2 fully saturated rings. The van der Waals surface area contributed by atoms with Gasteiger partial charge in [0.2, 0.25) is 10.0 Å². The molecule has 21 heavy (non-hydrogen) atoms. The third-order valence-corrected chi connectivity index (χ3v) is 6.38. The second-order valence-electron chi connectivity index (χ2n) is 5.42. The predicted octanol–water partition coefficient (Wildman–Crippen LogP) is 2.18. The average molecular weight is 332 g/mol. The van der Waals surface area contributed by atoms with Crippen LogP contribution in [0.25, 0.3) is 0 Å². The molecule has 0 aromatic heterocycles. The molecule has 2 saturated heterocycles. The molecule has 116 valence electrons. The lowest BCUT2D eigenvalue weighted by Gasteiger charge is -2.36. The Kier molecular flexibility index (Phi) is 4.00. The molecule has 1 aromatic rings. The normalized spacial score (nSPS) is 22.8. The first-order chi connectivity index (χ1) is 9.93. The molecule has 3 rings (SSSR count). The summed E-state index contributed by atoms with van der Waals surface area (Å²) in [5.74, 6) is -0.568. The van der Waals surface area contributed by atoms with Gasteiger partial charge in [-0.3, -0.25) is 0 Å². The second-order valence-corrected chi connectivity index (χ2v) is 7.77. The fraction of sp³-hybridized carbons (Fsp3) is 0.571. The van der Waals surface area contributed by atoms with Gasteiger partial charge in [0.1, 0.15) is 0 Å². The minimum absolute atomic E-state index is 0.286. The molecule has 0 saturated carbocycles. The summed E-state index contributed by atoms with van der Waals surface area (Å²) in [6, 6.07) is 4.79. The van der Waals surface area contributed by atoms with Gasteiger partial charge in [-0.05, 0) is 30.7 Å². The molecule has 2 heterocycles. The Labute approximate surface area is 129 Å². The van der Waals surface area contributed by atoms with E-state index in [2.05, 4.69) is 0 Å². The van der Waals surface area contributed by atoms with Gasteiger partial charge >= 0.3 is 0 Å². The van der Waals surface area contributed by atoms with Gasteiger partial charge in [-0.15, -0.1) is 0 Å². The molecular weight excluding hydrogens is 314 g/mol. The summed E-state index contributed by atoms with van der Waals surface area (Å²) in [5, 5.41) is 0.569. The highest BCUT2D eigenvalue weighted by Crippen LogP contribution is 2.33. The second kappa shape index (κ2) is 5.52. The van der Waals surface area contributed by atoms with Crippen molar-refractivity contribution < 1.29 is 17.9 Å². The highest BCUT2D eigenvalue weighted by atomic mass is 35.5. The number of piperidine rings is 1. The van der Waals surface area contributed by atoms with Crippen LogP contribution in [-0.2, 0) is 19.5 Å². The number of nitrogens with zero attached hydrogens (tertiary/aromatic N) is 1. The Hall–Kier alpha value is -0.660. The van der Waals surface area contributed by atoms with Crippen molar-refractivity contribution in [3.8, 4) is 0 Å². The van der Waals surface area contributed by atoms with Gasteiger partial charge in [-0.2, -0.15) is 4.31 Å². The average Bonchev–Trinajstić information content (AvgIpc) is 2.90. The zero-order valence-electron chi connectivity index (χ0n) is 11.8. The predicted molar refractivity (Wildman–Crippen MR) is 78.8 cm³/mol. The number of ether oxygens (including phenoxy) is 2. The minimum Gasteiger partial charge on any atom is -0.347 e. The maximum Gasteiger partial charge on any atom is 0.243 e. The molecule has 0 aliphatic carbocycles. The Morgan fingerprint density at radius 1 is 1.19 bits per heavy atom. The van der Waals surface area contributed by atoms with Crippen LogP contribution >= 0.6 is 11.6 Å². The van der Waals surface area contributed by atoms with Crippen LogP contribution in [0.5, 0.6) is 0 Å². The summed E-state index contributed by atoms with van der Waals surface area (Å²) in [6.45, 7) is 3.78. The van der Waals surface area contributed by atoms with E-state index in [4.69, 9.17) is 21.1 Å². The van der Waals surface area contributed by atoms with E-state index in [0.717, 1.165) is 5.56 Å². The number of sulfonamides is 1. The van der Waals surface area contributed by atoms with Crippen molar-refractivity contribution in [1.82, 2.24) is 4.31 Å². The molecule has 0 bridgehead atoms. The van der Waals surface area contributed by atoms with Crippen LogP contribution in [0.3, 0.4) is 0 Å². The molecule has 7 heteroatoms. The summed E-state index contributed by atoms with van der Waals surface area (Å²) in [6.07, 6.45) is 1.14. The number of halogens is 1. The van der Waals surface area contributed by atoms with Gasteiger partial charge in [0.15, 0.2) is 5.79 Å². The van der Waals surface area contributed by atoms with E-state index in [1.54, 1.807) is 25.1 Å². The van der Waals surface area contributed by atoms with E-state index in [9.17, 15) is 8.42 Å². The standard InChI is InChI=1S/C14H18ClNO4S/c1-11-10-12(2-3-13(11)15)21(17,18)16-6-4-14(5-7-16)19-8-9-20-14/h2-3,10H,4-9H2,1H3. The number of aryl methyl sites for hydroxylation is 1. The molecule has 1 spiro atoms. The van der Waals surface area contributed by atoms with Crippen LogP contribution in [-0.4, -0.2) is 44.8 Å². The summed E-state index contributed by atoms with van der Waals surface area (Å²) in [7, 11) is -3.48. The van der Waals surface area contributed by atoms with Crippen molar-refractivity contribution >= 4 is 21.6 Å². The monoisotopic (exact) mass is 331 g/mol. The topological polar surface area (TPSA) is 55.8 Å². The Balaban J connectivity index is 1.78. The summed E-state index contributed by atoms with van der Waals surface area (Å²) in [4.78, 5) is 0.286. The zero-order valence-corrected chi connectivity index (χ0v) is 13.4. The maximum atomic E-state index is 12.7. The Morgan fingerprint density at radius 3 is 2.38 bits per heavy atom. The molecular formula is C14H18ClNO4S. The van der Waals surface area contributed by atoms with Gasteiger partial charge < -0.3 is 9.47 Å². The van der Waals surface area contributed by atoms with E-state index >= 15 is 0 Å². The van der Waals surface area contributed by atoms with E-state index < -0.39 is 15.8 Å². The van der Waals surface area contributed by atoms with Crippen LogP contribution in [0.1, 0.15) is 18.4 Å². The van der Waals surface area contributed by atoms with Crippen LogP contribution in [0, 0.1) is 6.92 Å². The van der Waals surface area contributed by atoms with Gasteiger partial charge in [0.05, 0.1) is 18.1 Å². The first kappa shape index (κ1) is 15.2. The summed E-state index contributed by atoms with van der Waals surface area (Å²) >= 11 is 5.96. The molecule has 0 unspecified atom stereocenters. The first-order valence-electron chi connectivity index (χ1n) is 6.97. The van der Waals surface area contributed by atoms with E-state index in [-0.39, 0.29) is 4.90 Å². The maximum absolute atomic E-state index is 12.7. The number of rotatable bonds is 2. The van der Waals surface area contributed by atoms with E-state index in [1.807, 2.05) is 0 Å². The van der Waals surface area contributed by atoms with Crippen molar-refractivity contribution in [2.24, 2.45) is 0 Å². The van der Waals surface area contributed by atoms with Crippen molar-refractivity contribution in [2.75, 3.05) is 26.3 Å². The molecule has 0 amide bonds. The van der Waals surface area contributed by atoms with Crippen LogP contribution in [0.15, 0.2) is 23.1 Å². The van der Waals surface area contributed by atoms with Crippen LogP contribution < -0.4 is 0 Å².